The molecule has 0 spiro atoms. The van der Waals surface area contributed by atoms with Crippen LogP contribution in [0.25, 0.3) is 0 Å². The number of cyclic esters (lactones) is 1. The summed E-state index contributed by atoms with van der Waals surface area (Å²) in [6.07, 6.45) is 1.77. The minimum absolute atomic E-state index is 0.0479. The smallest absolute Gasteiger partial charge is 0.417 e. The number of hydrogen-bond acceptors (Lipinski definition) is 3. The molecule has 0 saturated carbocycles. The molecule has 0 N–H and O–H groups in total. The van der Waals surface area contributed by atoms with E-state index in [2.05, 4.69) is 0 Å². The van der Waals surface area contributed by atoms with E-state index in [-0.39, 0.29) is 31.4 Å². The Kier molecular flexibility index (Phi) is 3.65. The molecule has 2 amide bonds. The number of rotatable bonds is 2. The van der Waals surface area contributed by atoms with Crippen molar-refractivity contribution in [3.8, 4) is 0 Å². The lowest BCUT2D eigenvalue weighted by Gasteiger charge is -2.32. The van der Waals surface area contributed by atoms with E-state index < -0.39 is 17.7 Å². The number of imide groups is 1. The maximum absolute atomic E-state index is 14.8. The molecule has 0 unspecified atom stereocenters. The standard InChI is InChI=1S/C14H20FNO3/c1-9(2)11-8-19-13(18)16(11)12(17)14(15)6-4-10(3)5-7-14/h4,9,11H,5-8H2,1-3H3/t11-,14-/m1/s1. The topological polar surface area (TPSA) is 46.6 Å². The second kappa shape index (κ2) is 4.94. The minimum atomic E-state index is -1.96. The average Bonchev–Trinajstić information content (AvgIpc) is 2.74. The van der Waals surface area contributed by atoms with E-state index in [1.165, 1.54) is 0 Å². The van der Waals surface area contributed by atoms with Gasteiger partial charge in [0.25, 0.3) is 5.91 Å². The fraction of sp³-hybridized carbons (Fsp3) is 0.714. The van der Waals surface area contributed by atoms with Gasteiger partial charge in [-0.3, -0.25) is 4.79 Å². The maximum Gasteiger partial charge on any atom is 0.417 e. The van der Waals surface area contributed by atoms with Crippen molar-refractivity contribution in [2.24, 2.45) is 5.92 Å². The summed E-state index contributed by atoms with van der Waals surface area (Å²) in [7, 11) is 0. The number of hydrogen-bond donors (Lipinski definition) is 0. The second-order valence-electron chi connectivity index (χ2n) is 5.78. The molecule has 1 fully saturated rings. The van der Waals surface area contributed by atoms with Crippen LogP contribution < -0.4 is 0 Å². The maximum atomic E-state index is 14.8. The van der Waals surface area contributed by atoms with Gasteiger partial charge < -0.3 is 4.74 Å². The van der Waals surface area contributed by atoms with Crippen molar-refractivity contribution in [2.75, 3.05) is 6.61 Å². The van der Waals surface area contributed by atoms with E-state index >= 15 is 0 Å². The molecular weight excluding hydrogens is 249 g/mol. The molecule has 0 radical (unpaired) electrons. The van der Waals surface area contributed by atoms with E-state index in [0.717, 1.165) is 10.5 Å². The fourth-order valence-electron chi connectivity index (χ4n) is 2.51. The molecule has 2 aliphatic rings. The van der Waals surface area contributed by atoms with Crippen LogP contribution in [0.15, 0.2) is 11.6 Å². The highest BCUT2D eigenvalue weighted by atomic mass is 19.1. The molecule has 5 heteroatoms. The van der Waals surface area contributed by atoms with Crippen LogP contribution in [-0.2, 0) is 9.53 Å². The molecule has 0 aromatic heterocycles. The van der Waals surface area contributed by atoms with Gasteiger partial charge in [0.15, 0.2) is 5.67 Å². The van der Waals surface area contributed by atoms with Crippen molar-refractivity contribution in [3.63, 3.8) is 0 Å². The van der Waals surface area contributed by atoms with Crippen LogP contribution in [0.5, 0.6) is 0 Å². The highest BCUT2D eigenvalue weighted by Crippen LogP contribution is 2.35. The Hall–Kier alpha value is -1.39. The highest BCUT2D eigenvalue weighted by molar-refractivity contribution is 5.98. The zero-order valence-electron chi connectivity index (χ0n) is 11.6. The molecule has 0 aromatic rings. The van der Waals surface area contributed by atoms with Crippen LogP contribution in [0.3, 0.4) is 0 Å². The molecule has 1 heterocycles. The molecule has 4 nitrogen and oxygen atoms in total. The Morgan fingerprint density at radius 3 is 2.79 bits per heavy atom. The summed E-state index contributed by atoms with van der Waals surface area (Å²) in [5, 5.41) is 0. The number of carbonyl (C=O) groups is 2. The number of ether oxygens (including phenoxy) is 1. The number of alkyl halides is 1. The predicted octanol–water partition coefficient (Wildman–Crippen LogP) is 2.83. The first-order chi connectivity index (χ1) is 8.85. The van der Waals surface area contributed by atoms with Crippen LogP contribution in [0.1, 0.15) is 40.0 Å². The lowest BCUT2D eigenvalue weighted by molar-refractivity contribution is -0.143. The molecule has 19 heavy (non-hydrogen) atoms. The van der Waals surface area contributed by atoms with E-state index in [1.54, 1.807) is 6.08 Å². The molecule has 1 aliphatic heterocycles. The Labute approximate surface area is 112 Å². The van der Waals surface area contributed by atoms with E-state index in [4.69, 9.17) is 4.74 Å². The largest absolute Gasteiger partial charge is 0.447 e. The molecule has 1 aliphatic carbocycles. The lowest BCUT2D eigenvalue weighted by Crippen LogP contribution is -2.51. The number of nitrogens with zero attached hydrogens (tertiary/aromatic N) is 1. The average molecular weight is 269 g/mol. The van der Waals surface area contributed by atoms with Gasteiger partial charge in [0.05, 0.1) is 6.04 Å². The second-order valence-corrected chi connectivity index (χ2v) is 5.78. The summed E-state index contributed by atoms with van der Waals surface area (Å²) in [5.41, 5.74) is -0.874. The molecular formula is C14H20FNO3. The Balaban J connectivity index is 2.20. The molecule has 2 rings (SSSR count). The van der Waals surface area contributed by atoms with E-state index in [1.807, 2.05) is 20.8 Å². The Bertz CT molecular complexity index is 432. The fourth-order valence-corrected chi connectivity index (χ4v) is 2.51. The van der Waals surface area contributed by atoms with Gasteiger partial charge in [-0.05, 0) is 25.7 Å². The zero-order chi connectivity index (χ0) is 14.2. The predicted molar refractivity (Wildman–Crippen MR) is 68.3 cm³/mol. The summed E-state index contributed by atoms with van der Waals surface area (Å²) in [6.45, 7) is 5.86. The number of amides is 2. The molecule has 0 bridgehead atoms. The van der Waals surface area contributed by atoms with Gasteiger partial charge in [-0.25, -0.2) is 14.1 Å². The minimum Gasteiger partial charge on any atom is -0.447 e. The molecule has 0 aromatic carbocycles. The van der Waals surface area contributed by atoms with Crippen molar-refractivity contribution in [1.29, 1.82) is 0 Å². The third-order valence-corrected chi connectivity index (χ3v) is 3.97. The first kappa shape index (κ1) is 14.0. The molecule has 106 valence electrons. The number of allylic oxidation sites excluding steroid dienone is 2. The van der Waals surface area contributed by atoms with Crippen LogP contribution in [-0.4, -0.2) is 35.2 Å². The van der Waals surface area contributed by atoms with Gasteiger partial charge in [0.1, 0.15) is 6.61 Å². The summed E-state index contributed by atoms with van der Waals surface area (Å²) < 4.78 is 19.7. The normalized spacial score (nSPS) is 31.4. The summed E-state index contributed by atoms with van der Waals surface area (Å²) in [5.74, 6) is -0.683. The van der Waals surface area contributed by atoms with Crippen LogP contribution >= 0.6 is 0 Å². The van der Waals surface area contributed by atoms with Gasteiger partial charge in [-0.15, -0.1) is 0 Å². The monoisotopic (exact) mass is 269 g/mol. The first-order valence-electron chi connectivity index (χ1n) is 6.70. The van der Waals surface area contributed by atoms with Crippen molar-refractivity contribution in [2.45, 2.75) is 51.7 Å². The van der Waals surface area contributed by atoms with Gasteiger partial charge >= 0.3 is 6.09 Å². The van der Waals surface area contributed by atoms with Gasteiger partial charge in [-0.1, -0.05) is 25.5 Å². The SMILES string of the molecule is CC1=CC[C@](F)(C(=O)N2C(=O)OC[C@@H]2C(C)C)CC1. The first-order valence-corrected chi connectivity index (χ1v) is 6.70. The molecule has 1 saturated heterocycles. The Morgan fingerprint density at radius 1 is 1.58 bits per heavy atom. The van der Waals surface area contributed by atoms with Gasteiger partial charge in [-0.2, -0.15) is 0 Å². The van der Waals surface area contributed by atoms with Crippen LogP contribution in [0.4, 0.5) is 9.18 Å². The third kappa shape index (κ3) is 2.51. The third-order valence-electron chi connectivity index (χ3n) is 3.97. The van der Waals surface area contributed by atoms with E-state index in [9.17, 15) is 14.0 Å². The number of carbonyl (C=O) groups excluding carboxylic acids is 2. The van der Waals surface area contributed by atoms with Crippen molar-refractivity contribution < 1.29 is 18.7 Å². The molecule has 2 atom stereocenters. The van der Waals surface area contributed by atoms with Crippen LogP contribution in [0, 0.1) is 5.92 Å². The quantitative estimate of drug-likeness (QED) is 0.724. The van der Waals surface area contributed by atoms with Crippen molar-refractivity contribution in [3.05, 3.63) is 11.6 Å². The summed E-state index contributed by atoms with van der Waals surface area (Å²) in [4.78, 5) is 25.0. The van der Waals surface area contributed by atoms with E-state index in [0.29, 0.717) is 6.42 Å². The van der Waals surface area contributed by atoms with Gasteiger partial charge in [0.2, 0.25) is 0 Å². The van der Waals surface area contributed by atoms with Crippen molar-refractivity contribution in [1.82, 2.24) is 4.90 Å². The van der Waals surface area contributed by atoms with Crippen LogP contribution in [0.2, 0.25) is 0 Å². The summed E-state index contributed by atoms with van der Waals surface area (Å²) in [6, 6.07) is -0.361. The lowest BCUT2D eigenvalue weighted by atomic mass is 9.86. The summed E-state index contributed by atoms with van der Waals surface area (Å²) >= 11 is 0. The van der Waals surface area contributed by atoms with Crippen molar-refractivity contribution >= 4 is 12.0 Å². The number of halogens is 1. The van der Waals surface area contributed by atoms with Gasteiger partial charge in [0, 0.05) is 6.42 Å². The Morgan fingerprint density at radius 2 is 2.26 bits per heavy atom. The zero-order valence-corrected chi connectivity index (χ0v) is 11.6. The highest BCUT2D eigenvalue weighted by Gasteiger charge is 2.49.